The van der Waals surface area contributed by atoms with Gasteiger partial charge in [-0.05, 0) is 57.4 Å². The summed E-state index contributed by atoms with van der Waals surface area (Å²) in [5.74, 6) is 1.74. The highest BCUT2D eigenvalue weighted by Gasteiger charge is 2.21. The molecule has 5 nitrogen and oxygen atoms in total. The van der Waals surface area contributed by atoms with E-state index in [0.717, 1.165) is 71.7 Å². The maximum atomic E-state index is 6.78. The molecule has 11 aromatic rings. The molecule has 52 heavy (non-hydrogen) atoms. The van der Waals surface area contributed by atoms with Crippen molar-refractivity contribution < 1.29 is 8.83 Å². The number of para-hydroxylation sites is 2. The topological polar surface area (TPSA) is 65.0 Å². The minimum atomic E-state index is 0.569. The maximum absolute atomic E-state index is 6.78. The summed E-state index contributed by atoms with van der Waals surface area (Å²) in [6.45, 7) is 0. The van der Waals surface area contributed by atoms with E-state index in [0.29, 0.717) is 17.5 Å². The Labute approximate surface area is 297 Å². The van der Waals surface area contributed by atoms with Crippen molar-refractivity contribution in [2.24, 2.45) is 0 Å². The molecule has 11 rings (SSSR count). The Morgan fingerprint density at radius 3 is 1.85 bits per heavy atom. The van der Waals surface area contributed by atoms with Crippen LogP contribution in [0.4, 0.5) is 0 Å². The van der Waals surface area contributed by atoms with Crippen molar-refractivity contribution in [3.63, 3.8) is 0 Å². The lowest BCUT2D eigenvalue weighted by Gasteiger charge is -2.11. The van der Waals surface area contributed by atoms with Crippen LogP contribution < -0.4 is 0 Å². The van der Waals surface area contributed by atoms with E-state index < -0.39 is 0 Å². The number of aromatic nitrogens is 3. The van der Waals surface area contributed by atoms with Crippen LogP contribution in [0.5, 0.6) is 0 Å². The van der Waals surface area contributed by atoms with Crippen LogP contribution in [0, 0.1) is 0 Å². The minimum Gasteiger partial charge on any atom is -0.456 e. The van der Waals surface area contributed by atoms with Crippen LogP contribution in [0.3, 0.4) is 0 Å². The van der Waals surface area contributed by atoms with Crippen LogP contribution in [0.1, 0.15) is 0 Å². The zero-order valence-corrected chi connectivity index (χ0v) is 27.7. The number of hydrogen-bond donors (Lipinski definition) is 0. The fourth-order valence-electron chi connectivity index (χ4n) is 7.73. The Morgan fingerprint density at radius 2 is 0.962 bits per heavy atom. The largest absolute Gasteiger partial charge is 0.456 e. The quantitative estimate of drug-likeness (QED) is 0.175. The van der Waals surface area contributed by atoms with Crippen LogP contribution >= 0.6 is 0 Å². The first-order valence-electron chi connectivity index (χ1n) is 17.4. The van der Waals surface area contributed by atoms with Gasteiger partial charge in [0.25, 0.3) is 0 Å². The molecule has 0 aliphatic heterocycles. The van der Waals surface area contributed by atoms with Gasteiger partial charge in [0, 0.05) is 43.8 Å². The van der Waals surface area contributed by atoms with Gasteiger partial charge in [0.1, 0.15) is 22.3 Å². The Morgan fingerprint density at radius 1 is 0.327 bits per heavy atom. The summed E-state index contributed by atoms with van der Waals surface area (Å²) in [5.41, 5.74) is 8.06. The molecule has 0 fully saturated rings. The average Bonchev–Trinajstić information content (AvgIpc) is 3.79. The molecule has 3 aromatic heterocycles. The molecule has 0 unspecified atom stereocenters. The summed E-state index contributed by atoms with van der Waals surface area (Å²) in [5, 5.41) is 8.95. The van der Waals surface area contributed by atoms with Crippen LogP contribution in [0.25, 0.3) is 111 Å². The third-order valence-corrected chi connectivity index (χ3v) is 10.1. The molecule has 0 atom stereocenters. The van der Waals surface area contributed by atoms with Gasteiger partial charge in [0.15, 0.2) is 17.5 Å². The number of nitrogens with zero attached hydrogens (tertiary/aromatic N) is 3. The third-order valence-electron chi connectivity index (χ3n) is 10.1. The van der Waals surface area contributed by atoms with Gasteiger partial charge in [-0.15, -0.1) is 0 Å². The molecule has 0 aliphatic carbocycles. The number of furan rings is 2. The highest BCUT2D eigenvalue weighted by atomic mass is 16.3. The van der Waals surface area contributed by atoms with Crippen molar-refractivity contribution in [3.05, 3.63) is 164 Å². The van der Waals surface area contributed by atoms with E-state index >= 15 is 0 Å². The lowest BCUT2D eigenvalue weighted by Crippen LogP contribution is -2.00. The van der Waals surface area contributed by atoms with E-state index in [4.69, 9.17) is 23.8 Å². The van der Waals surface area contributed by atoms with E-state index in [9.17, 15) is 0 Å². The van der Waals surface area contributed by atoms with E-state index in [2.05, 4.69) is 97.1 Å². The zero-order valence-electron chi connectivity index (χ0n) is 27.7. The van der Waals surface area contributed by atoms with Crippen LogP contribution in [-0.2, 0) is 0 Å². The molecule has 0 amide bonds. The van der Waals surface area contributed by atoms with E-state index in [1.54, 1.807) is 0 Å². The lowest BCUT2D eigenvalue weighted by atomic mass is 9.92. The van der Waals surface area contributed by atoms with Crippen molar-refractivity contribution in [3.8, 4) is 45.3 Å². The lowest BCUT2D eigenvalue weighted by molar-refractivity contribution is 0.669. The number of hydrogen-bond acceptors (Lipinski definition) is 5. The second-order valence-corrected chi connectivity index (χ2v) is 13.1. The summed E-state index contributed by atoms with van der Waals surface area (Å²) in [6.07, 6.45) is 0. The predicted octanol–water partition coefficient (Wildman–Crippen LogP) is 12.6. The van der Waals surface area contributed by atoms with E-state index in [1.807, 2.05) is 66.7 Å². The first-order chi connectivity index (χ1) is 25.8. The molecular formula is C47H27N3O2. The van der Waals surface area contributed by atoms with Crippen molar-refractivity contribution in [1.82, 2.24) is 15.0 Å². The Bertz CT molecular complexity index is 3190. The molecule has 0 aliphatic rings. The Balaban J connectivity index is 1.14. The van der Waals surface area contributed by atoms with Gasteiger partial charge in [-0.1, -0.05) is 133 Å². The smallest absolute Gasteiger partial charge is 0.164 e. The second kappa shape index (κ2) is 11.2. The van der Waals surface area contributed by atoms with Crippen molar-refractivity contribution >= 4 is 65.4 Å². The fourth-order valence-corrected chi connectivity index (χ4v) is 7.73. The summed E-state index contributed by atoms with van der Waals surface area (Å²) in [4.78, 5) is 15.3. The summed E-state index contributed by atoms with van der Waals surface area (Å²) < 4.78 is 13.0. The molecule has 5 heteroatoms. The Kier molecular flexibility index (Phi) is 6.18. The van der Waals surface area contributed by atoms with E-state index in [-0.39, 0.29) is 0 Å². The molecule has 8 aromatic carbocycles. The highest BCUT2D eigenvalue weighted by Crippen LogP contribution is 2.43. The number of rotatable bonds is 4. The monoisotopic (exact) mass is 665 g/mol. The van der Waals surface area contributed by atoms with Gasteiger partial charge >= 0.3 is 0 Å². The molecule has 0 bridgehead atoms. The average molecular weight is 666 g/mol. The van der Waals surface area contributed by atoms with Crippen LogP contribution in [0.15, 0.2) is 173 Å². The molecular weight excluding hydrogens is 639 g/mol. The summed E-state index contributed by atoms with van der Waals surface area (Å²) >= 11 is 0. The second-order valence-electron chi connectivity index (χ2n) is 13.1. The first-order valence-corrected chi connectivity index (χ1v) is 17.4. The van der Waals surface area contributed by atoms with Crippen LogP contribution in [-0.4, -0.2) is 15.0 Å². The number of fused-ring (bicyclic) bond motifs is 9. The van der Waals surface area contributed by atoms with Gasteiger partial charge in [-0.2, -0.15) is 0 Å². The highest BCUT2D eigenvalue weighted by molar-refractivity contribution is 6.19. The van der Waals surface area contributed by atoms with E-state index in [1.165, 1.54) is 21.5 Å². The summed E-state index contributed by atoms with van der Waals surface area (Å²) in [6, 6.07) is 56.3. The van der Waals surface area contributed by atoms with Gasteiger partial charge < -0.3 is 8.83 Å². The zero-order chi connectivity index (χ0) is 34.2. The standard InChI is InChI=1S/C47H27N3O2/c1-2-12-28(13-3-1)45-48-46(30-24-25-35-34-18-8-9-22-40(34)51-42(35)27-30)50-47(49-45)38-21-11-23-41-43(38)37-20-10-19-36(44(37)52-41)39-26-29-14-4-5-15-31(29)32-16-6-7-17-33(32)39/h1-27H. The third kappa shape index (κ3) is 4.39. The molecule has 0 radical (unpaired) electrons. The molecule has 0 saturated carbocycles. The predicted molar refractivity (Wildman–Crippen MR) is 211 cm³/mol. The molecule has 242 valence electrons. The fraction of sp³-hybridized carbons (Fsp3) is 0. The van der Waals surface area contributed by atoms with Gasteiger partial charge in [-0.3, -0.25) is 0 Å². The minimum absolute atomic E-state index is 0.569. The summed E-state index contributed by atoms with van der Waals surface area (Å²) in [7, 11) is 0. The molecule has 0 saturated heterocycles. The van der Waals surface area contributed by atoms with Crippen molar-refractivity contribution in [2.45, 2.75) is 0 Å². The number of benzene rings is 8. The molecule has 0 N–H and O–H groups in total. The SMILES string of the molecule is c1ccc(-c2nc(-c3ccc4c(c3)oc3ccccc34)nc(-c3cccc4oc5c(-c6cc7ccccc7c7ccccc67)cccc5c34)n2)cc1. The van der Waals surface area contributed by atoms with Gasteiger partial charge in [-0.25, -0.2) is 15.0 Å². The first kappa shape index (κ1) is 28.7. The van der Waals surface area contributed by atoms with Crippen LogP contribution in [0.2, 0.25) is 0 Å². The maximum Gasteiger partial charge on any atom is 0.164 e. The van der Waals surface area contributed by atoms with Gasteiger partial charge in [0.2, 0.25) is 0 Å². The Hall–Kier alpha value is -7.11. The van der Waals surface area contributed by atoms with Crippen molar-refractivity contribution in [2.75, 3.05) is 0 Å². The molecule has 3 heterocycles. The van der Waals surface area contributed by atoms with Gasteiger partial charge in [0.05, 0.1) is 0 Å². The molecule has 0 spiro atoms. The normalized spacial score (nSPS) is 11.8. The van der Waals surface area contributed by atoms with Crippen molar-refractivity contribution in [1.29, 1.82) is 0 Å².